The molecule has 0 unspecified atom stereocenters. The zero-order chi connectivity index (χ0) is 18.7. The number of aromatic nitrogens is 1. The highest BCUT2D eigenvalue weighted by Crippen LogP contribution is 2.24. The number of sulfonamides is 1. The number of nitrogens with one attached hydrogen (secondary N) is 2. The van der Waals surface area contributed by atoms with Gasteiger partial charge in [0.05, 0.1) is 16.3 Å². The van der Waals surface area contributed by atoms with Crippen molar-refractivity contribution in [1.29, 1.82) is 0 Å². The van der Waals surface area contributed by atoms with Crippen LogP contribution in [0.3, 0.4) is 0 Å². The lowest BCUT2D eigenvalue weighted by Gasteiger charge is -2.10. The minimum Gasteiger partial charge on any atom is -0.366 e. The topological polar surface area (TPSA) is 114 Å². The number of benzene rings is 2. The zero-order valence-corrected chi connectivity index (χ0v) is 15.4. The number of hydrogen-bond acceptors (Lipinski definition) is 6. The third kappa shape index (κ3) is 4.19. The molecule has 4 N–H and O–H groups in total. The summed E-state index contributed by atoms with van der Waals surface area (Å²) in [5, 5.41) is 5.78. The second-order valence-corrected chi connectivity index (χ2v) is 8.03. The van der Waals surface area contributed by atoms with Gasteiger partial charge in [-0.05, 0) is 49.4 Å². The fourth-order valence-electron chi connectivity index (χ4n) is 2.21. The van der Waals surface area contributed by atoms with Crippen LogP contribution in [0.5, 0.6) is 0 Å². The first kappa shape index (κ1) is 17.9. The summed E-state index contributed by atoms with van der Waals surface area (Å²) in [5.74, 6) is -0.613. The average Bonchev–Trinajstić information content (AvgIpc) is 2.99. The maximum Gasteiger partial charge on any atom is 0.261 e. The van der Waals surface area contributed by atoms with E-state index in [1.807, 2.05) is 18.4 Å². The Bertz CT molecular complexity index is 1040. The van der Waals surface area contributed by atoms with Crippen molar-refractivity contribution in [2.45, 2.75) is 11.8 Å². The van der Waals surface area contributed by atoms with E-state index in [0.717, 1.165) is 10.8 Å². The van der Waals surface area contributed by atoms with Crippen LogP contribution in [0.15, 0.2) is 58.8 Å². The van der Waals surface area contributed by atoms with Crippen LogP contribution in [0.4, 0.5) is 16.5 Å². The number of hydrogen-bond donors (Lipinski definition) is 3. The van der Waals surface area contributed by atoms with E-state index in [4.69, 9.17) is 5.73 Å². The molecule has 0 aliphatic heterocycles. The molecule has 0 atom stereocenters. The van der Waals surface area contributed by atoms with E-state index in [1.54, 1.807) is 18.2 Å². The van der Waals surface area contributed by atoms with Crippen molar-refractivity contribution < 1.29 is 13.2 Å². The molecule has 0 radical (unpaired) electrons. The van der Waals surface area contributed by atoms with Gasteiger partial charge in [-0.2, -0.15) is 0 Å². The summed E-state index contributed by atoms with van der Waals surface area (Å²) in [7, 11) is -3.78. The molecular formula is C17H16N4O3S2. The van der Waals surface area contributed by atoms with Crippen molar-refractivity contribution in [3.05, 3.63) is 65.2 Å². The zero-order valence-electron chi connectivity index (χ0n) is 13.8. The molecule has 134 valence electrons. The number of carbonyl (C=O) groups is 1. The van der Waals surface area contributed by atoms with Crippen molar-refractivity contribution in [3.8, 4) is 0 Å². The Morgan fingerprint density at radius 3 is 2.42 bits per heavy atom. The highest BCUT2D eigenvalue weighted by molar-refractivity contribution is 7.92. The van der Waals surface area contributed by atoms with Crippen LogP contribution < -0.4 is 15.8 Å². The first-order valence-corrected chi connectivity index (χ1v) is 9.92. The summed E-state index contributed by atoms with van der Waals surface area (Å²) in [4.78, 5) is 15.4. The van der Waals surface area contributed by atoms with Gasteiger partial charge in [-0.1, -0.05) is 6.07 Å². The van der Waals surface area contributed by atoms with Gasteiger partial charge in [-0.15, -0.1) is 11.3 Å². The highest BCUT2D eigenvalue weighted by Gasteiger charge is 2.15. The summed E-state index contributed by atoms with van der Waals surface area (Å²) in [6, 6.07) is 12.3. The maximum atomic E-state index is 12.5. The Kier molecular flexibility index (Phi) is 4.92. The summed E-state index contributed by atoms with van der Waals surface area (Å²) in [6.45, 7) is 1.90. The minimum atomic E-state index is -3.78. The maximum absolute atomic E-state index is 12.5. The molecule has 0 fully saturated rings. The van der Waals surface area contributed by atoms with Crippen LogP contribution in [0.2, 0.25) is 0 Å². The van der Waals surface area contributed by atoms with Crippen LogP contribution in [0.1, 0.15) is 16.1 Å². The smallest absolute Gasteiger partial charge is 0.261 e. The molecule has 0 aliphatic rings. The number of nitrogens with two attached hydrogens (primary N) is 1. The van der Waals surface area contributed by atoms with Crippen molar-refractivity contribution in [1.82, 2.24) is 4.98 Å². The number of aryl methyl sites for hydroxylation is 1. The SMILES string of the molecule is Cc1csc(Nc2cccc(NS(=O)(=O)c3ccc(C(N)=O)cc3)c2)n1. The van der Waals surface area contributed by atoms with Crippen molar-refractivity contribution in [2.24, 2.45) is 5.73 Å². The molecule has 0 aliphatic carbocycles. The van der Waals surface area contributed by atoms with Gasteiger partial charge in [-0.3, -0.25) is 9.52 Å². The standard InChI is InChI=1S/C17H16N4O3S2/c1-11-10-25-17(19-11)20-13-3-2-4-14(9-13)21-26(23,24)15-7-5-12(6-8-15)16(18)22/h2-10,21H,1H3,(H2,18,22)(H,19,20). The van der Waals surface area contributed by atoms with Gasteiger partial charge in [0, 0.05) is 16.6 Å². The molecule has 26 heavy (non-hydrogen) atoms. The molecule has 0 saturated carbocycles. The van der Waals surface area contributed by atoms with Crippen LogP contribution in [-0.4, -0.2) is 19.3 Å². The number of carbonyl (C=O) groups excluding carboxylic acids is 1. The Morgan fingerprint density at radius 1 is 1.12 bits per heavy atom. The lowest BCUT2D eigenvalue weighted by Crippen LogP contribution is -2.14. The third-order valence-electron chi connectivity index (χ3n) is 3.43. The van der Waals surface area contributed by atoms with E-state index < -0.39 is 15.9 Å². The Morgan fingerprint density at radius 2 is 1.81 bits per heavy atom. The molecule has 2 aromatic carbocycles. The molecule has 1 heterocycles. The van der Waals surface area contributed by atoms with Gasteiger partial charge in [-0.25, -0.2) is 13.4 Å². The molecule has 3 aromatic rings. The van der Waals surface area contributed by atoms with Crippen molar-refractivity contribution >= 4 is 43.8 Å². The highest BCUT2D eigenvalue weighted by atomic mass is 32.2. The van der Waals surface area contributed by atoms with E-state index in [9.17, 15) is 13.2 Å². The fraction of sp³-hybridized carbons (Fsp3) is 0.0588. The lowest BCUT2D eigenvalue weighted by atomic mass is 10.2. The number of thiazole rings is 1. The van der Waals surface area contributed by atoms with Gasteiger partial charge in [0.2, 0.25) is 5.91 Å². The molecule has 3 rings (SSSR count). The van der Waals surface area contributed by atoms with Gasteiger partial charge >= 0.3 is 0 Å². The first-order valence-electron chi connectivity index (χ1n) is 7.55. The Balaban J connectivity index is 1.79. The Labute approximate surface area is 154 Å². The van der Waals surface area contributed by atoms with Gasteiger partial charge in [0.1, 0.15) is 0 Å². The van der Waals surface area contributed by atoms with Gasteiger partial charge in [0.25, 0.3) is 10.0 Å². The van der Waals surface area contributed by atoms with E-state index in [0.29, 0.717) is 11.4 Å². The predicted octanol–water partition coefficient (Wildman–Crippen LogP) is 3.09. The molecule has 0 saturated heterocycles. The summed E-state index contributed by atoms with van der Waals surface area (Å²) >= 11 is 1.47. The molecule has 7 nitrogen and oxygen atoms in total. The first-order chi connectivity index (χ1) is 12.3. The monoisotopic (exact) mass is 388 g/mol. The van der Waals surface area contributed by atoms with E-state index in [1.165, 1.54) is 35.6 Å². The number of primary amides is 1. The molecule has 1 amide bonds. The number of nitrogens with zero attached hydrogens (tertiary/aromatic N) is 1. The number of anilines is 3. The normalized spacial score (nSPS) is 11.1. The molecule has 1 aromatic heterocycles. The molecule has 0 bridgehead atoms. The van der Waals surface area contributed by atoms with Crippen LogP contribution in [0.25, 0.3) is 0 Å². The van der Waals surface area contributed by atoms with Crippen molar-refractivity contribution in [2.75, 3.05) is 10.0 Å². The third-order valence-corrected chi connectivity index (χ3v) is 5.71. The minimum absolute atomic E-state index is 0.0383. The molecule has 9 heteroatoms. The van der Waals surface area contributed by atoms with Crippen molar-refractivity contribution in [3.63, 3.8) is 0 Å². The average molecular weight is 388 g/mol. The summed E-state index contributed by atoms with van der Waals surface area (Å²) in [5.41, 5.74) is 7.43. The molecular weight excluding hydrogens is 372 g/mol. The van der Waals surface area contributed by atoms with Crippen LogP contribution in [-0.2, 0) is 10.0 Å². The Hall–Kier alpha value is -2.91. The van der Waals surface area contributed by atoms with E-state index in [-0.39, 0.29) is 10.5 Å². The van der Waals surface area contributed by atoms with Crippen LogP contribution >= 0.6 is 11.3 Å². The second kappa shape index (κ2) is 7.14. The number of rotatable bonds is 6. The second-order valence-electron chi connectivity index (χ2n) is 5.49. The fourth-order valence-corrected chi connectivity index (χ4v) is 3.97. The lowest BCUT2D eigenvalue weighted by molar-refractivity contribution is 0.1000. The van der Waals surface area contributed by atoms with Crippen LogP contribution in [0, 0.1) is 6.92 Å². The van der Waals surface area contributed by atoms with Gasteiger partial charge in [0.15, 0.2) is 5.13 Å². The predicted molar refractivity (Wildman–Crippen MR) is 102 cm³/mol. The quantitative estimate of drug-likeness (QED) is 0.600. The largest absolute Gasteiger partial charge is 0.366 e. The van der Waals surface area contributed by atoms with E-state index >= 15 is 0 Å². The van der Waals surface area contributed by atoms with Gasteiger partial charge < -0.3 is 11.1 Å². The number of amides is 1. The van der Waals surface area contributed by atoms with E-state index in [2.05, 4.69) is 15.0 Å². The summed E-state index contributed by atoms with van der Waals surface area (Å²) < 4.78 is 27.5. The molecule has 0 spiro atoms. The summed E-state index contributed by atoms with van der Waals surface area (Å²) in [6.07, 6.45) is 0.